The first-order valence-electron chi connectivity index (χ1n) is 7.93. The number of hydrogen-bond acceptors (Lipinski definition) is 5. The van der Waals surface area contributed by atoms with Crippen molar-refractivity contribution in [2.75, 3.05) is 39.5 Å². The molecule has 0 atom stereocenters. The number of rotatable bonds is 7. The minimum Gasteiger partial charge on any atom is -0.503 e. The lowest BCUT2D eigenvalue weighted by Crippen LogP contribution is -2.37. The van der Waals surface area contributed by atoms with E-state index in [-0.39, 0.29) is 11.2 Å². The Kier molecular flexibility index (Phi) is 6.42. The number of nitrogens with zero attached hydrogens (tertiary/aromatic N) is 2. The Morgan fingerprint density at radius 3 is 2.77 bits per heavy atom. The molecule has 124 valence electrons. The molecule has 0 radical (unpaired) electrons. The lowest BCUT2D eigenvalue weighted by Gasteiger charge is -2.28. The molecule has 1 N–H and O–H groups in total. The van der Waals surface area contributed by atoms with E-state index in [1.165, 1.54) is 6.07 Å². The fourth-order valence-electron chi connectivity index (χ4n) is 2.73. The Bertz CT molecular complexity index is 536. The van der Waals surface area contributed by atoms with Gasteiger partial charge in [0.1, 0.15) is 0 Å². The molecule has 0 saturated carbocycles. The first-order valence-corrected chi connectivity index (χ1v) is 7.93. The number of hydrogen-bond donors (Lipinski definition) is 1. The van der Waals surface area contributed by atoms with Crippen LogP contribution in [0, 0.1) is 6.92 Å². The van der Waals surface area contributed by atoms with Gasteiger partial charge in [0, 0.05) is 51.2 Å². The molecule has 0 aromatic carbocycles. The van der Waals surface area contributed by atoms with Crippen molar-refractivity contribution in [1.82, 2.24) is 9.47 Å². The highest BCUT2D eigenvalue weighted by molar-refractivity contribution is 5.29. The summed E-state index contributed by atoms with van der Waals surface area (Å²) in [7, 11) is 0. The van der Waals surface area contributed by atoms with Crippen molar-refractivity contribution < 1.29 is 14.6 Å². The lowest BCUT2D eigenvalue weighted by molar-refractivity contribution is 0.0326. The van der Waals surface area contributed by atoms with E-state index in [4.69, 9.17) is 9.47 Å². The molecule has 2 rings (SSSR count). The molecule has 2 heterocycles. The van der Waals surface area contributed by atoms with Gasteiger partial charge in [-0.2, -0.15) is 0 Å². The first kappa shape index (κ1) is 17.0. The van der Waals surface area contributed by atoms with Gasteiger partial charge in [0.15, 0.2) is 5.75 Å². The standard InChI is InChI=1S/C16H26N2O4/c1-3-21-8-4-5-18-13(2)11-15(19)16(20)14(18)12-17-6-9-22-10-7-17/h11,20H,3-10,12H2,1-2H3. The Labute approximate surface area is 131 Å². The van der Waals surface area contributed by atoms with E-state index in [1.807, 2.05) is 18.4 Å². The summed E-state index contributed by atoms with van der Waals surface area (Å²) in [4.78, 5) is 14.1. The second-order valence-corrected chi connectivity index (χ2v) is 5.54. The fourth-order valence-corrected chi connectivity index (χ4v) is 2.73. The van der Waals surface area contributed by atoms with Crippen LogP contribution in [0.15, 0.2) is 10.9 Å². The minimum atomic E-state index is -0.304. The van der Waals surface area contributed by atoms with Crippen LogP contribution in [0.2, 0.25) is 0 Å². The van der Waals surface area contributed by atoms with Gasteiger partial charge in [0.25, 0.3) is 0 Å². The van der Waals surface area contributed by atoms with Crippen molar-refractivity contribution in [2.24, 2.45) is 0 Å². The zero-order valence-electron chi connectivity index (χ0n) is 13.5. The molecule has 1 aliphatic rings. The molecular weight excluding hydrogens is 284 g/mol. The van der Waals surface area contributed by atoms with Crippen molar-refractivity contribution >= 4 is 0 Å². The molecule has 0 amide bonds. The number of aromatic hydroxyl groups is 1. The largest absolute Gasteiger partial charge is 0.503 e. The molecule has 1 saturated heterocycles. The van der Waals surface area contributed by atoms with Gasteiger partial charge < -0.3 is 19.1 Å². The number of morpholine rings is 1. The third-order valence-corrected chi connectivity index (χ3v) is 3.95. The molecule has 1 aromatic rings. The van der Waals surface area contributed by atoms with Gasteiger partial charge >= 0.3 is 0 Å². The summed E-state index contributed by atoms with van der Waals surface area (Å²) < 4.78 is 12.8. The summed E-state index contributed by atoms with van der Waals surface area (Å²) in [5, 5.41) is 10.2. The van der Waals surface area contributed by atoms with Crippen LogP contribution < -0.4 is 5.43 Å². The van der Waals surface area contributed by atoms with Crippen molar-refractivity contribution in [3.63, 3.8) is 0 Å². The minimum absolute atomic E-state index is 0.131. The third-order valence-electron chi connectivity index (χ3n) is 3.95. The second-order valence-electron chi connectivity index (χ2n) is 5.54. The van der Waals surface area contributed by atoms with Crippen LogP contribution in [-0.4, -0.2) is 54.1 Å². The zero-order chi connectivity index (χ0) is 15.9. The Morgan fingerprint density at radius 1 is 1.36 bits per heavy atom. The van der Waals surface area contributed by atoms with E-state index in [0.717, 1.165) is 31.7 Å². The van der Waals surface area contributed by atoms with E-state index in [0.29, 0.717) is 38.7 Å². The summed E-state index contributed by atoms with van der Waals surface area (Å²) in [6.45, 7) is 9.60. The number of pyridine rings is 1. The first-order chi connectivity index (χ1) is 10.6. The normalized spacial score (nSPS) is 16.1. The van der Waals surface area contributed by atoms with Crippen molar-refractivity contribution in [3.05, 3.63) is 27.7 Å². The predicted molar refractivity (Wildman–Crippen MR) is 84.3 cm³/mol. The van der Waals surface area contributed by atoms with Gasteiger partial charge in [0.05, 0.1) is 18.9 Å². The van der Waals surface area contributed by atoms with Gasteiger partial charge in [0.2, 0.25) is 5.43 Å². The molecular formula is C16H26N2O4. The summed E-state index contributed by atoms with van der Waals surface area (Å²) in [5.41, 5.74) is 1.27. The molecule has 22 heavy (non-hydrogen) atoms. The Morgan fingerprint density at radius 2 is 2.09 bits per heavy atom. The van der Waals surface area contributed by atoms with E-state index in [9.17, 15) is 9.90 Å². The summed E-state index contributed by atoms with van der Waals surface area (Å²) in [6, 6.07) is 1.50. The Balaban J connectivity index is 2.18. The van der Waals surface area contributed by atoms with Crippen molar-refractivity contribution in [1.29, 1.82) is 0 Å². The average molecular weight is 310 g/mol. The third kappa shape index (κ3) is 4.32. The molecule has 1 aliphatic heterocycles. The zero-order valence-corrected chi connectivity index (χ0v) is 13.5. The second kappa shape index (κ2) is 8.31. The van der Waals surface area contributed by atoms with Crippen LogP contribution in [0.5, 0.6) is 5.75 Å². The van der Waals surface area contributed by atoms with Gasteiger partial charge in [-0.1, -0.05) is 0 Å². The molecule has 1 aromatic heterocycles. The van der Waals surface area contributed by atoms with Crippen LogP contribution in [0.25, 0.3) is 0 Å². The number of ether oxygens (including phenoxy) is 2. The monoisotopic (exact) mass is 310 g/mol. The quantitative estimate of drug-likeness (QED) is 0.765. The average Bonchev–Trinajstić information content (AvgIpc) is 2.52. The maximum atomic E-state index is 11.9. The van der Waals surface area contributed by atoms with Crippen LogP contribution in [0.4, 0.5) is 0 Å². The molecule has 6 nitrogen and oxygen atoms in total. The van der Waals surface area contributed by atoms with Crippen LogP contribution in [0.3, 0.4) is 0 Å². The lowest BCUT2D eigenvalue weighted by atomic mass is 10.2. The molecule has 0 aliphatic carbocycles. The number of aromatic nitrogens is 1. The van der Waals surface area contributed by atoms with E-state index < -0.39 is 0 Å². The van der Waals surface area contributed by atoms with E-state index in [2.05, 4.69) is 4.90 Å². The van der Waals surface area contributed by atoms with Gasteiger partial charge in [-0.05, 0) is 20.3 Å². The predicted octanol–water partition coefficient (Wildman–Crippen LogP) is 1.12. The van der Waals surface area contributed by atoms with Crippen LogP contribution in [0.1, 0.15) is 24.7 Å². The highest BCUT2D eigenvalue weighted by Gasteiger charge is 2.18. The maximum absolute atomic E-state index is 11.9. The summed E-state index contributed by atoms with van der Waals surface area (Å²) >= 11 is 0. The van der Waals surface area contributed by atoms with Crippen LogP contribution in [-0.2, 0) is 22.6 Å². The highest BCUT2D eigenvalue weighted by Crippen LogP contribution is 2.18. The molecule has 0 unspecified atom stereocenters. The van der Waals surface area contributed by atoms with E-state index in [1.54, 1.807) is 0 Å². The summed E-state index contributed by atoms with van der Waals surface area (Å²) in [5.74, 6) is -0.131. The van der Waals surface area contributed by atoms with Gasteiger partial charge in [-0.3, -0.25) is 9.69 Å². The number of aryl methyl sites for hydroxylation is 1. The van der Waals surface area contributed by atoms with Crippen molar-refractivity contribution in [3.8, 4) is 5.75 Å². The van der Waals surface area contributed by atoms with Crippen molar-refractivity contribution in [2.45, 2.75) is 33.4 Å². The smallest absolute Gasteiger partial charge is 0.223 e. The molecule has 1 fully saturated rings. The fraction of sp³-hybridized carbons (Fsp3) is 0.688. The summed E-state index contributed by atoms with van der Waals surface area (Å²) in [6.07, 6.45) is 0.854. The van der Waals surface area contributed by atoms with Gasteiger partial charge in [-0.15, -0.1) is 0 Å². The Hall–Kier alpha value is -1.37. The topological polar surface area (TPSA) is 63.9 Å². The molecule has 0 bridgehead atoms. The van der Waals surface area contributed by atoms with Gasteiger partial charge in [-0.25, -0.2) is 0 Å². The SMILES string of the molecule is CCOCCCn1c(C)cc(=O)c(O)c1CN1CCOCC1. The van der Waals surface area contributed by atoms with E-state index >= 15 is 0 Å². The highest BCUT2D eigenvalue weighted by atomic mass is 16.5. The van der Waals surface area contributed by atoms with Crippen LogP contribution >= 0.6 is 0 Å². The maximum Gasteiger partial charge on any atom is 0.223 e. The molecule has 6 heteroatoms. The molecule has 0 spiro atoms.